The van der Waals surface area contributed by atoms with Gasteiger partial charge in [-0.2, -0.15) is 11.8 Å². The number of benzene rings is 1. The van der Waals surface area contributed by atoms with Crippen LogP contribution in [0.1, 0.15) is 38.5 Å². The summed E-state index contributed by atoms with van der Waals surface area (Å²) in [6.45, 7) is 0.272. The van der Waals surface area contributed by atoms with Gasteiger partial charge >= 0.3 is 5.97 Å². The number of carboxylic acid groups (broad SMARTS) is 1. The number of amides is 2. The number of sulfone groups is 1. The summed E-state index contributed by atoms with van der Waals surface area (Å²) in [6, 6.07) is 7.75. The van der Waals surface area contributed by atoms with Gasteiger partial charge in [0.15, 0.2) is 9.84 Å². The average Bonchev–Trinajstić information content (AvgIpc) is 3.40. The van der Waals surface area contributed by atoms with Crippen LogP contribution in [0.3, 0.4) is 0 Å². The van der Waals surface area contributed by atoms with Crippen LogP contribution >= 0.6 is 11.8 Å². The molecule has 2 fully saturated rings. The van der Waals surface area contributed by atoms with Crippen molar-refractivity contribution in [2.75, 3.05) is 18.8 Å². The molecule has 34 heavy (non-hydrogen) atoms. The average molecular weight is 509 g/mol. The Bertz CT molecular complexity index is 996. The highest BCUT2D eigenvalue weighted by atomic mass is 32.2. The number of nitrogens with one attached hydrogen (secondary N) is 2. The van der Waals surface area contributed by atoms with Crippen molar-refractivity contribution in [2.24, 2.45) is 11.8 Å². The summed E-state index contributed by atoms with van der Waals surface area (Å²) in [5.74, 6) is -1.70. The topological polar surface area (TPSA) is 130 Å². The Labute approximate surface area is 204 Å². The molecule has 186 valence electrons. The van der Waals surface area contributed by atoms with Crippen LogP contribution in [0.15, 0.2) is 47.4 Å². The molecular weight excluding hydrogens is 476 g/mol. The molecule has 1 aromatic rings. The number of carbonyl (C=O) groups is 3. The van der Waals surface area contributed by atoms with Gasteiger partial charge in [0.1, 0.15) is 5.75 Å². The normalized spacial score (nSPS) is 23.8. The van der Waals surface area contributed by atoms with Crippen molar-refractivity contribution >= 4 is 39.4 Å². The van der Waals surface area contributed by atoms with Crippen LogP contribution in [0.2, 0.25) is 0 Å². The number of carbonyl (C=O) groups excluding carboxylic acids is 2. The number of carboxylic acids is 1. The number of allylic oxidation sites excluding steroid dienone is 2. The van der Waals surface area contributed by atoms with E-state index < -0.39 is 27.5 Å². The monoisotopic (exact) mass is 508 g/mol. The highest BCUT2D eigenvalue weighted by molar-refractivity contribution is 8.01. The second-order valence-electron chi connectivity index (χ2n) is 8.76. The van der Waals surface area contributed by atoms with Crippen molar-refractivity contribution in [3.63, 3.8) is 0 Å². The Morgan fingerprint density at radius 3 is 2.41 bits per heavy atom. The molecule has 2 heterocycles. The molecule has 2 bridgehead atoms. The molecule has 0 aliphatic carbocycles. The maximum atomic E-state index is 12.3. The fourth-order valence-corrected chi connectivity index (χ4v) is 7.82. The predicted molar refractivity (Wildman–Crippen MR) is 131 cm³/mol. The van der Waals surface area contributed by atoms with Gasteiger partial charge in [-0.15, -0.1) is 0 Å². The number of aliphatic carboxylic acids is 1. The van der Waals surface area contributed by atoms with Gasteiger partial charge in [0.2, 0.25) is 11.8 Å². The van der Waals surface area contributed by atoms with Crippen LogP contribution in [-0.2, 0) is 24.2 Å². The zero-order chi connectivity index (χ0) is 24.6. The van der Waals surface area contributed by atoms with Gasteiger partial charge in [-0.05, 0) is 56.1 Å². The lowest BCUT2D eigenvalue weighted by atomic mass is 9.77. The molecule has 0 saturated carbocycles. The summed E-state index contributed by atoms with van der Waals surface area (Å²) in [5, 5.41) is 15.1. The summed E-state index contributed by atoms with van der Waals surface area (Å²) in [7, 11) is -3.75. The van der Waals surface area contributed by atoms with Gasteiger partial charge < -0.3 is 15.7 Å². The number of hydrogen-bond donors (Lipinski definition) is 3. The molecule has 0 radical (unpaired) electrons. The lowest BCUT2D eigenvalue weighted by Crippen LogP contribution is -2.43. The molecule has 8 nitrogen and oxygen atoms in total. The smallest absolute Gasteiger partial charge is 0.303 e. The molecule has 1 aromatic carbocycles. The van der Waals surface area contributed by atoms with Crippen molar-refractivity contribution in [1.29, 1.82) is 0 Å². The lowest BCUT2D eigenvalue weighted by Gasteiger charge is -2.29. The van der Waals surface area contributed by atoms with E-state index in [-0.39, 0.29) is 23.8 Å². The largest absolute Gasteiger partial charge is 0.481 e. The molecular formula is C24H32N2O6S2. The molecule has 4 atom stereocenters. The Hall–Kier alpha value is -2.33. The first-order valence-electron chi connectivity index (χ1n) is 11.6. The first-order valence-corrected chi connectivity index (χ1v) is 14.2. The Kier molecular flexibility index (Phi) is 9.58. The van der Waals surface area contributed by atoms with Crippen LogP contribution in [0.25, 0.3) is 0 Å². The van der Waals surface area contributed by atoms with E-state index in [0.29, 0.717) is 35.3 Å². The number of rotatable bonds is 13. The van der Waals surface area contributed by atoms with Crippen LogP contribution in [0, 0.1) is 11.8 Å². The van der Waals surface area contributed by atoms with E-state index in [2.05, 4.69) is 16.7 Å². The second-order valence-corrected chi connectivity index (χ2v) is 12.2. The maximum absolute atomic E-state index is 12.3. The predicted octanol–water partition coefficient (Wildman–Crippen LogP) is 2.40. The first kappa shape index (κ1) is 26.3. The van der Waals surface area contributed by atoms with Gasteiger partial charge in [-0.1, -0.05) is 30.4 Å². The second kappa shape index (κ2) is 12.4. The van der Waals surface area contributed by atoms with E-state index in [0.717, 1.165) is 19.3 Å². The highest BCUT2D eigenvalue weighted by Crippen LogP contribution is 2.54. The number of thioether (sulfide) groups is 1. The Morgan fingerprint density at radius 2 is 1.71 bits per heavy atom. The third-order valence-corrected chi connectivity index (χ3v) is 9.83. The molecule has 0 spiro atoms. The summed E-state index contributed by atoms with van der Waals surface area (Å²) < 4.78 is 24.6. The Balaban J connectivity index is 1.40. The minimum atomic E-state index is -3.75. The number of hydrogen-bond acceptors (Lipinski definition) is 6. The molecule has 2 aliphatic heterocycles. The number of unbranched alkanes of at least 4 members (excludes halogenated alkanes) is 1. The third kappa shape index (κ3) is 7.59. The van der Waals surface area contributed by atoms with Crippen molar-refractivity contribution in [2.45, 2.75) is 53.9 Å². The lowest BCUT2D eigenvalue weighted by molar-refractivity contribution is -0.137. The van der Waals surface area contributed by atoms with Crippen LogP contribution < -0.4 is 10.6 Å². The van der Waals surface area contributed by atoms with E-state index in [1.807, 2.05) is 17.8 Å². The van der Waals surface area contributed by atoms with Crippen LogP contribution in [0.5, 0.6) is 0 Å². The van der Waals surface area contributed by atoms with Gasteiger partial charge in [0, 0.05) is 23.5 Å². The van der Waals surface area contributed by atoms with E-state index in [4.69, 9.17) is 5.11 Å². The fraction of sp³-hybridized carbons (Fsp3) is 0.542. The Morgan fingerprint density at radius 1 is 1.00 bits per heavy atom. The highest BCUT2D eigenvalue weighted by Gasteiger charge is 2.47. The summed E-state index contributed by atoms with van der Waals surface area (Å²) >= 11 is 1.99. The van der Waals surface area contributed by atoms with Crippen molar-refractivity contribution in [1.82, 2.24) is 10.6 Å². The van der Waals surface area contributed by atoms with Gasteiger partial charge in [0.05, 0.1) is 11.4 Å². The fourth-order valence-electron chi connectivity index (χ4n) is 4.63. The van der Waals surface area contributed by atoms with E-state index in [1.54, 1.807) is 18.2 Å². The zero-order valence-corrected chi connectivity index (χ0v) is 20.7. The maximum Gasteiger partial charge on any atom is 0.303 e. The molecule has 3 rings (SSSR count). The van der Waals surface area contributed by atoms with Crippen LogP contribution in [-0.4, -0.2) is 60.7 Å². The third-order valence-electron chi connectivity index (χ3n) is 6.33. The van der Waals surface area contributed by atoms with E-state index >= 15 is 0 Å². The SMILES string of the molecule is O=C(O)CCC/C=C\CC1C2CCC(S2)C1CNC(=O)CNC(=O)CS(=O)(=O)c1ccccc1. The van der Waals surface area contributed by atoms with Crippen molar-refractivity contribution in [3.05, 3.63) is 42.5 Å². The van der Waals surface area contributed by atoms with Crippen LogP contribution in [0.4, 0.5) is 0 Å². The molecule has 3 N–H and O–H groups in total. The molecule has 0 aromatic heterocycles. The van der Waals surface area contributed by atoms with Gasteiger partial charge in [-0.25, -0.2) is 8.42 Å². The van der Waals surface area contributed by atoms with Gasteiger partial charge in [0.25, 0.3) is 0 Å². The standard InChI is InChI=1S/C24H32N2O6S2/c27-22(15-26-23(28)16-34(31,32)17-8-4-3-5-9-17)25-14-19-18(20-12-13-21(19)33-20)10-6-1-2-7-11-24(29)30/h1,3-6,8-9,18-21H,2,7,10-16H2,(H,25,27)(H,26,28)(H,29,30)/b6-1-. The summed E-state index contributed by atoms with van der Waals surface area (Å²) in [4.78, 5) is 35.0. The first-order chi connectivity index (χ1) is 16.3. The number of fused-ring (bicyclic) bond motifs is 2. The molecule has 2 saturated heterocycles. The quantitative estimate of drug-likeness (QED) is 0.276. The minimum absolute atomic E-state index is 0.0744. The molecule has 4 unspecified atom stereocenters. The minimum Gasteiger partial charge on any atom is -0.481 e. The zero-order valence-electron chi connectivity index (χ0n) is 19.0. The molecule has 10 heteroatoms. The molecule has 2 aliphatic rings. The van der Waals surface area contributed by atoms with E-state index in [9.17, 15) is 22.8 Å². The van der Waals surface area contributed by atoms with Gasteiger partial charge in [-0.3, -0.25) is 14.4 Å². The van der Waals surface area contributed by atoms with E-state index in [1.165, 1.54) is 18.6 Å². The summed E-state index contributed by atoms with van der Waals surface area (Å²) in [6.07, 6.45) is 8.99. The molecule has 2 amide bonds. The van der Waals surface area contributed by atoms with Crippen molar-refractivity contribution < 1.29 is 27.9 Å². The summed E-state index contributed by atoms with van der Waals surface area (Å²) in [5.41, 5.74) is 0. The van der Waals surface area contributed by atoms with Crippen molar-refractivity contribution in [3.8, 4) is 0 Å².